The summed E-state index contributed by atoms with van der Waals surface area (Å²) in [6.07, 6.45) is 0. The van der Waals surface area contributed by atoms with E-state index in [1.165, 1.54) is 0 Å². The van der Waals surface area contributed by atoms with E-state index < -0.39 is 0 Å². The fraction of sp³-hybridized carbons (Fsp3) is 0.278. The quantitative estimate of drug-likeness (QED) is 0.800. The highest BCUT2D eigenvalue weighted by Crippen LogP contribution is 2.31. The van der Waals surface area contributed by atoms with Crippen molar-refractivity contribution >= 4 is 5.78 Å². The Balaban J connectivity index is 2.55. The van der Waals surface area contributed by atoms with Crippen molar-refractivity contribution in [2.24, 2.45) is 0 Å². The maximum absolute atomic E-state index is 12.8. The monoisotopic (exact) mass is 284 g/mol. The average molecular weight is 284 g/mol. The van der Waals surface area contributed by atoms with E-state index in [4.69, 9.17) is 9.47 Å². The van der Waals surface area contributed by atoms with Gasteiger partial charge in [0.2, 0.25) is 0 Å². The van der Waals surface area contributed by atoms with Crippen molar-refractivity contribution < 1.29 is 14.3 Å². The van der Waals surface area contributed by atoms with Crippen LogP contribution in [0, 0.1) is 20.8 Å². The largest absolute Gasteiger partial charge is 0.493 e. The highest BCUT2D eigenvalue weighted by atomic mass is 16.5. The average Bonchev–Trinajstić information content (AvgIpc) is 2.48. The summed E-state index contributed by atoms with van der Waals surface area (Å²) in [5.74, 6) is 1.21. The van der Waals surface area contributed by atoms with Gasteiger partial charge in [0, 0.05) is 11.1 Å². The van der Waals surface area contributed by atoms with Crippen molar-refractivity contribution in [1.82, 2.24) is 0 Å². The molecule has 3 heteroatoms. The Morgan fingerprint density at radius 2 is 1.38 bits per heavy atom. The Morgan fingerprint density at radius 1 is 0.810 bits per heavy atom. The van der Waals surface area contributed by atoms with E-state index in [0.717, 1.165) is 22.3 Å². The summed E-state index contributed by atoms with van der Waals surface area (Å²) in [5.41, 5.74) is 4.28. The van der Waals surface area contributed by atoms with Crippen molar-refractivity contribution in [3.05, 3.63) is 58.1 Å². The molecule has 0 amide bonds. The molecule has 0 spiro atoms. The van der Waals surface area contributed by atoms with Gasteiger partial charge in [0.1, 0.15) is 0 Å². The second-order valence-corrected chi connectivity index (χ2v) is 5.17. The highest BCUT2D eigenvalue weighted by molar-refractivity contribution is 6.11. The maximum Gasteiger partial charge on any atom is 0.193 e. The molecule has 2 aromatic rings. The summed E-state index contributed by atoms with van der Waals surface area (Å²) in [5, 5.41) is 0. The van der Waals surface area contributed by atoms with Gasteiger partial charge in [0.05, 0.1) is 14.2 Å². The number of methoxy groups -OCH3 is 2. The van der Waals surface area contributed by atoms with E-state index in [0.29, 0.717) is 17.1 Å². The summed E-state index contributed by atoms with van der Waals surface area (Å²) >= 11 is 0. The van der Waals surface area contributed by atoms with Crippen LogP contribution >= 0.6 is 0 Å². The minimum Gasteiger partial charge on any atom is -0.493 e. The molecule has 0 saturated carbocycles. The number of hydrogen-bond donors (Lipinski definition) is 0. The Hall–Kier alpha value is -2.29. The van der Waals surface area contributed by atoms with Gasteiger partial charge in [-0.15, -0.1) is 0 Å². The van der Waals surface area contributed by atoms with Crippen molar-refractivity contribution in [2.45, 2.75) is 20.8 Å². The van der Waals surface area contributed by atoms with Crippen LogP contribution in [0.25, 0.3) is 0 Å². The van der Waals surface area contributed by atoms with Crippen LogP contribution in [0.15, 0.2) is 30.3 Å². The molecule has 0 atom stereocenters. The summed E-state index contributed by atoms with van der Waals surface area (Å²) < 4.78 is 10.6. The van der Waals surface area contributed by atoms with Crippen LogP contribution in [-0.4, -0.2) is 20.0 Å². The van der Waals surface area contributed by atoms with Gasteiger partial charge >= 0.3 is 0 Å². The number of aryl methyl sites for hydroxylation is 3. The molecule has 110 valence electrons. The van der Waals surface area contributed by atoms with E-state index >= 15 is 0 Å². The van der Waals surface area contributed by atoms with Crippen molar-refractivity contribution in [2.75, 3.05) is 14.2 Å². The first-order chi connectivity index (χ1) is 9.97. The van der Waals surface area contributed by atoms with Crippen LogP contribution in [0.1, 0.15) is 32.6 Å². The number of hydrogen-bond acceptors (Lipinski definition) is 3. The minimum atomic E-state index is 0.00894. The summed E-state index contributed by atoms with van der Waals surface area (Å²) in [6.45, 7) is 5.83. The molecule has 0 bridgehead atoms. The molecule has 0 aliphatic heterocycles. The van der Waals surface area contributed by atoms with Crippen LogP contribution in [0.3, 0.4) is 0 Å². The van der Waals surface area contributed by atoms with Crippen LogP contribution in [-0.2, 0) is 0 Å². The highest BCUT2D eigenvalue weighted by Gasteiger charge is 2.17. The molecular formula is C18H20O3. The first kappa shape index (κ1) is 15.1. The predicted octanol–water partition coefficient (Wildman–Crippen LogP) is 3.86. The van der Waals surface area contributed by atoms with Gasteiger partial charge in [0.15, 0.2) is 17.3 Å². The number of ether oxygens (including phenoxy) is 2. The van der Waals surface area contributed by atoms with E-state index in [1.54, 1.807) is 20.3 Å². The molecule has 0 aliphatic rings. The smallest absolute Gasteiger partial charge is 0.193 e. The van der Waals surface area contributed by atoms with E-state index in [9.17, 15) is 4.79 Å². The summed E-state index contributed by atoms with van der Waals surface area (Å²) in [4.78, 5) is 12.8. The Morgan fingerprint density at radius 3 is 2.00 bits per heavy atom. The SMILES string of the molecule is COc1cc(C)c(C(=O)c2cc(C)ccc2C)cc1OC. The van der Waals surface area contributed by atoms with Crippen LogP contribution < -0.4 is 9.47 Å². The zero-order chi connectivity index (χ0) is 15.6. The van der Waals surface area contributed by atoms with Gasteiger partial charge in [-0.1, -0.05) is 17.7 Å². The second kappa shape index (κ2) is 6.00. The predicted molar refractivity (Wildman–Crippen MR) is 83.6 cm³/mol. The Kier molecular flexibility index (Phi) is 4.32. The van der Waals surface area contributed by atoms with Crippen LogP contribution in [0.5, 0.6) is 11.5 Å². The molecule has 0 heterocycles. The number of benzene rings is 2. The van der Waals surface area contributed by atoms with E-state index in [-0.39, 0.29) is 5.78 Å². The number of rotatable bonds is 4. The second-order valence-electron chi connectivity index (χ2n) is 5.17. The molecule has 0 aliphatic carbocycles. The zero-order valence-corrected chi connectivity index (χ0v) is 13.1. The Labute approximate surface area is 125 Å². The lowest BCUT2D eigenvalue weighted by molar-refractivity contribution is 0.103. The lowest BCUT2D eigenvalue weighted by Crippen LogP contribution is -2.07. The van der Waals surface area contributed by atoms with Gasteiger partial charge in [-0.3, -0.25) is 4.79 Å². The molecule has 0 aromatic heterocycles. The van der Waals surface area contributed by atoms with Crippen molar-refractivity contribution in [1.29, 1.82) is 0 Å². The molecule has 2 aromatic carbocycles. The van der Waals surface area contributed by atoms with E-state index in [1.807, 2.05) is 45.0 Å². The molecule has 21 heavy (non-hydrogen) atoms. The molecule has 0 unspecified atom stereocenters. The fourth-order valence-corrected chi connectivity index (χ4v) is 2.35. The molecule has 0 N–H and O–H groups in total. The van der Waals surface area contributed by atoms with E-state index in [2.05, 4.69) is 0 Å². The van der Waals surface area contributed by atoms with Crippen LogP contribution in [0.4, 0.5) is 0 Å². The number of ketones is 1. The van der Waals surface area contributed by atoms with Gasteiger partial charge in [0.25, 0.3) is 0 Å². The summed E-state index contributed by atoms with van der Waals surface area (Å²) in [6, 6.07) is 9.48. The first-order valence-electron chi connectivity index (χ1n) is 6.82. The molecular weight excluding hydrogens is 264 g/mol. The lowest BCUT2D eigenvalue weighted by atomic mass is 9.94. The van der Waals surface area contributed by atoms with Gasteiger partial charge < -0.3 is 9.47 Å². The zero-order valence-electron chi connectivity index (χ0n) is 13.1. The molecule has 0 fully saturated rings. The fourth-order valence-electron chi connectivity index (χ4n) is 2.35. The molecule has 0 radical (unpaired) electrons. The van der Waals surface area contributed by atoms with Gasteiger partial charge in [-0.05, 0) is 50.1 Å². The topological polar surface area (TPSA) is 35.5 Å². The molecule has 2 rings (SSSR count). The van der Waals surface area contributed by atoms with Crippen LogP contribution in [0.2, 0.25) is 0 Å². The lowest BCUT2D eigenvalue weighted by Gasteiger charge is -2.13. The maximum atomic E-state index is 12.8. The number of carbonyl (C=O) groups excluding carboxylic acids is 1. The minimum absolute atomic E-state index is 0.00894. The third kappa shape index (κ3) is 2.92. The van der Waals surface area contributed by atoms with Crippen molar-refractivity contribution in [3.8, 4) is 11.5 Å². The first-order valence-corrected chi connectivity index (χ1v) is 6.82. The normalized spacial score (nSPS) is 10.3. The molecule has 3 nitrogen and oxygen atoms in total. The third-order valence-corrected chi connectivity index (χ3v) is 3.61. The van der Waals surface area contributed by atoms with Gasteiger partial charge in [-0.25, -0.2) is 0 Å². The third-order valence-electron chi connectivity index (χ3n) is 3.61. The standard InChI is InChI=1S/C18H20O3/c1-11-6-7-12(2)14(8-11)18(19)15-10-17(21-5)16(20-4)9-13(15)3/h6-10H,1-5H3. The Bertz CT molecular complexity index is 687. The molecule has 0 saturated heterocycles. The summed E-state index contributed by atoms with van der Waals surface area (Å²) in [7, 11) is 3.16. The van der Waals surface area contributed by atoms with Gasteiger partial charge in [-0.2, -0.15) is 0 Å². The van der Waals surface area contributed by atoms with Crippen molar-refractivity contribution in [3.63, 3.8) is 0 Å². The number of carbonyl (C=O) groups is 1.